The third kappa shape index (κ3) is 5.87. The van der Waals surface area contributed by atoms with E-state index in [1.807, 2.05) is 36.4 Å². The summed E-state index contributed by atoms with van der Waals surface area (Å²) in [5.41, 5.74) is 8.41. The molecule has 0 aliphatic carbocycles. The number of amides is 1. The van der Waals surface area contributed by atoms with Gasteiger partial charge in [-0.25, -0.2) is 4.98 Å². The Morgan fingerprint density at radius 1 is 1.18 bits per heavy atom. The molecule has 2 atom stereocenters. The van der Waals surface area contributed by atoms with Crippen molar-refractivity contribution >= 4 is 17.6 Å². The van der Waals surface area contributed by atoms with Gasteiger partial charge in [-0.15, -0.1) is 0 Å². The first-order valence-electron chi connectivity index (χ1n) is 10.7. The minimum absolute atomic E-state index is 0.0483. The molecule has 2 aromatic carbocycles. The SMILES string of the molecule is NC(CCC(=O)O)C(=O)Nc1ccc(Oc2ccc3c(c2)CC[C@@H](c2ccccc2)O3)nc1. The van der Waals surface area contributed by atoms with Gasteiger partial charge >= 0.3 is 5.97 Å². The van der Waals surface area contributed by atoms with E-state index >= 15 is 0 Å². The summed E-state index contributed by atoms with van der Waals surface area (Å²) in [5, 5.41) is 11.3. The molecule has 0 saturated heterocycles. The van der Waals surface area contributed by atoms with Gasteiger partial charge in [-0.05, 0) is 54.7 Å². The standard InChI is InChI=1S/C25H25N3O5/c26-20(9-13-24(29)30)25(31)28-18-7-12-23(27-15-18)32-19-8-11-22-17(14-19)6-10-21(33-22)16-4-2-1-3-5-16/h1-5,7-8,11-12,14-15,20-21H,6,9-10,13,26H2,(H,28,31)(H,29,30)/t20?,21-/m0/s1. The van der Waals surface area contributed by atoms with E-state index in [0.717, 1.165) is 24.2 Å². The summed E-state index contributed by atoms with van der Waals surface area (Å²) in [7, 11) is 0. The second-order valence-electron chi connectivity index (χ2n) is 7.84. The maximum absolute atomic E-state index is 12.1. The number of carbonyl (C=O) groups is 2. The van der Waals surface area contributed by atoms with Crippen LogP contribution in [0.3, 0.4) is 0 Å². The number of hydrogen-bond donors (Lipinski definition) is 3. The van der Waals surface area contributed by atoms with Gasteiger partial charge < -0.3 is 25.6 Å². The Labute approximate surface area is 191 Å². The molecule has 170 valence electrons. The number of carboxylic acid groups (broad SMARTS) is 1. The van der Waals surface area contributed by atoms with Crippen LogP contribution in [-0.2, 0) is 16.0 Å². The van der Waals surface area contributed by atoms with Crippen LogP contribution < -0.4 is 20.5 Å². The van der Waals surface area contributed by atoms with Gasteiger partial charge in [0.05, 0.1) is 17.9 Å². The topological polar surface area (TPSA) is 124 Å². The number of benzene rings is 2. The molecule has 0 fully saturated rings. The number of nitrogens with zero attached hydrogens (tertiary/aromatic N) is 1. The highest BCUT2D eigenvalue weighted by molar-refractivity contribution is 5.94. The highest BCUT2D eigenvalue weighted by Crippen LogP contribution is 2.37. The third-order valence-electron chi connectivity index (χ3n) is 5.38. The van der Waals surface area contributed by atoms with Gasteiger partial charge in [0.1, 0.15) is 17.6 Å². The van der Waals surface area contributed by atoms with Crippen LogP contribution in [0.1, 0.15) is 36.5 Å². The highest BCUT2D eigenvalue weighted by atomic mass is 16.5. The molecule has 1 aromatic heterocycles. The number of aliphatic carboxylic acids is 1. The molecular weight excluding hydrogens is 422 g/mol. The number of nitrogens with two attached hydrogens (primary N) is 1. The maximum atomic E-state index is 12.1. The molecule has 3 aromatic rings. The minimum Gasteiger partial charge on any atom is -0.485 e. The van der Waals surface area contributed by atoms with Gasteiger partial charge in [-0.3, -0.25) is 9.59 Å². The van der Waals surface area contributed by atoms with Crippen molar-refractivity contribution in [2.24, 2.45) is 5.73 Å². The molecule has 1 unspecified atom stereocenters. The molecule has 1 aliphatic rings. The lowest BCUT2D eigenvalue weighted by Crippen LogP contribution is -2.36. The molecular formula is C25H25N3O5. The lowest BCUT2D eigenvalue weighted by atomic mass is 9.97. The monoisotopic (exact) mass is 447 g/mol. The first-order valence-corrected chi connectivity index (χ1v) is 10.7. The van der Waals surface area contributed by atoms with E-state index < -0.39 is 17.9 Å². The van der Waals surface area contributed by atoms with Crippen LogP contribution in [0, 0.1) is 0 Å². The first kappa shape index (κ1) is 22.3. The van der Waals surface area contributed by atoms with Gasteiger partial charge in [0.25, 0.3) is 0 Å². The smallest absolute Gasteiger partial charge is 0.303 e. The van der Waals surface area contributed by atoms with Crippen molar-refractivity contribution in [3.63, 3.8) is 0 Å². The van der Waals surface area contributed by atoms with Crippen LogP contribution in [-0.4, -0.2) is 28.0 Å². The van der Waals surface area contributed by atoms with Gasteiger partial charge in [-0.2, -0.15) is 0 Å². The number of hydrogen-bond acceptors (Lipinski definition) is 6. The van der Waals surface area contributed by atoms with Crippen molar-refractivity contribution in [1.29, 1.82) is 0 Å². The van der Waals surface area contributed by atoms with Crippen molar-refractivity contribution in [2.45, 2.75) is 37.8 Å². The number of ether oxygens (including phenoxy) is 2. The van der Waals surface area contributed by atoms with E-state index in [0.29, 0.717) is 17.3 Å². The number of aromatic nitrogens is 1. The average molecular weight is 447 g/mol. The quantitative estimate of drug-likeness (QED) is 0.475. The summed E-state index contributed by atoms with van der Waals surface area (Å²) >= 11 is 0. The molecule has 0 radical (unpaired) electrons. The van der Waals surface area contributed by atoms with Crippen LogP contribution in [0.25, 0.3) is 0 Å². The number of fused-ring (bicyclic) bond motifs is 1. The fourth-order valence-corrected chi connectivity index (χ4v) is 3.61. The fourth-order valence-electron chi connectivity index (χ4n) is 3.61. The number of rotatable bonds is 8. The molecule has 0 saturated carbocycles. The Kier molecular flexibility index (Phi) is 6.85. The van der Waals surface area contributed by atoms with E-state index in [1.54, 1.807) is 12.1 Å². The van der Waals surface area contributed by atoms with Gasteiger partial charge in [0, 0.05) is 12.5 Å². The number of anilines is 1. The van der Waals surface area contributed by atoms with E-state index in [9.17, 15) is 9.59 Å². The van der Waals surface area contributed by atoms with Gasteiger partial charge in [0.2, 0.25) is 11.8 Å². The predicted molar refractivity (Wildman–Crippen MR) is 122 cm³/mol. The first-order chi connectivity index (χ1) is 16.0. The van der Waals surface area contributed by atoms with Crippen LogP contribution in [0.2, 0.25) is 0 Å². The third-order valence-corrected chi connectivity index (χ3v) is 5.38. The fraction of sp³-hybridized carbons (Fsp3) is 0.240. The van der Waals surface area contributed by atoms with Crippen molar-refractivity contribution in [2.75, 3.05) is 5.32 Å². The van der Waals surface area contributed by atoms with Crippen molar-refractivity contribution in [1.82, 2.24) is 4.98 Å². The van der Waals surface area contributed by atoms with E-state index in [-0.39, 0.29) is 18.9 Å². The highest BCUT2D eigenvalue weighted by Gasteiger charge is 2.22. The minimum atomic E-state index is -0.994. The van der Waals surface area contributed by atoms with Crippen LogP contribution in [0.15, 0.2) is 66.9 Å². The van der Waals surface area contributed by atoms with Gasteiger partial charge in [0.15, 0.2) is 0 Å². The lowest BCUT2D eigenvalue weighted by molar-refractivity contribution is -0.137. The van der Waals surface area contributed by atoms with E-state index in [4.69, 9.17) is 20.3 Å². The summed E-state index contributed by atoms with van der Waals surface area (Å²) in [6.45, 7) is 0. The molecule has 2 heterocycles. The number of aryl methyl sites for hydroxylation is 1. The zero-order chi connectivity index (χ0) is 23.2. The summed E-state index contributed by atoms with van der Waals surface area (Å²) in [6.07, 6.45) is 3.17. The molecule has 8 nitrogen and oxygen atoms in total. The zero-order valence-electron chi connectivity index (χ0n) is 17.9. The Morgan fingerprint density at radius 3 is 2.73 bits per heavy atom. The predicted octanol–water partition coefficient (Wildman–Crippen LogP) is 4.07. The van der Waals surface area contributed by atoms with Gasteiger partial charge in [-0.1, -0.05) is 30.3 Å². The normalized spacial score (nSPS) is 15.6. The summed E-state index contributed by atoms with van der Waals surface area (Å²) < 4.78 is 12.0. The Bertz CT molecular complexity index is 1120. The largest absolute Gasteiger partial charge is 0.485 e. The zero-order valence-corrected chi connectivity index (χ0v) is 17.9. The molecule has 8 heteroatoms. The average Bonchev–Trinajstić information content (AvgIpc) is 2.84. The Morgan fingerprint density at radius 2 is 2.00 bits per heavy atom. The Balaban J connectivity index is 1.34. The van der Waals surface area contributed by atoms with Crippen LogP contribution >= 0.6 is 0 Å². The maximum Gasteiger partial charge on any atom is 0.303 e. The second-order valence-corrected chi connectivity index (χ2v) is 7.84. The number of carboxylic acids is 1. The number of carbonyl (C=O) groups excluding carboxylic acids is 1. The van der Waals surface area contributed by atoms with Crippen molar-refractivity contribution in [3.8, 4) is 17.4 Å². The van der Waals surface area contributed by atoms with Crippen LogP contribution in [0.4, 0.5) is 5.69 Å². The molecule has 4 rings (SSSR count). The second kappa shape index (κ2) is 10.1. The molecule has 1 aliphatic heterocycles. The lowest BCUT2D eigenvalue weighted by Gasteiger charge is -2.26. The summed E-state index contributed by atoms with van der Waals surface area (Å²) in [5.74, 6) is 0.423. The van der Waals surface area contributed by atoms with Crippen molar-refractivity contribution < 1.29 is 24.2 Å². The van der Waals surface area contributed by atoms with Crippen LogP contribution in [0.5, 0.6) is 17.4 Å². The molecule has 0 bridgehead atoms. The summed E-state index contributed by atoms with van der Waals surface area (Å²) in [4.78, 5) is 26.9. The molecule has 4 N–H and O–H groups in total. The molecule has 0 spiro atoms. The van der Waals surface area contributed by atoms with E-state index in [2.05, 4.69) is 22.4 Å². The number of pyridine rings is 1. The Hall–Kier alpha value is -3.91. The van der Waals surface area contributed by atoms with E-state index in [1.165, 1.54) is 11.8 Å². The molecule has 33 heavy (non-hydrogen) atoms. The summed E-state index contributed by atoms with van der Waals surface area (Å²) in [6, 6.07) is 18.3. The molecule has 1 amide bonds. The van der Waals surface area contributed by atoms with Crippen molar-refractivity contribution in [3.05, 3.63) is 78.0 Å². The number of nitrogens with one attached hydrogen (secondary N) is 1.